The molecular weight excluding hydrogens is 465 g/mol. The SMILES string of the molecule is CN=C(NCc1ccc(N2CCOC(C)C2)nc1)N1CCC(CC(C)C)C1.I. The molecule has 2 saturated heterocycles. The molecule has 6 nitrogen and oxygen atoms in total. The van der Waals surface area contributed by atoms with Crippen LogP contribution in [0.4, 0.5) is 5.82 Å². The molecule has 1 aromatic heterocycles. The van der Waals surface area contributed by atoms with Gasteiger partial charge in [0.2, 0.25) is 0 Å². The van der Waals surface area contributed by atoms with Crippen molar-refractivity contribution in [3.8, 4) is 0 Å². The fraction of sp³-hybridized carbons (Fsp3) is 0.714. The van der Waals surface area contributed by atoms with E-state index in [4.69, 9.17) is 4.74 Å². The number of rotatable bonds is 5. The maximum Gasteiger partial charge on any atom is 0.193 e. The summed E-state index contributed by atoms with van der Waals surface area (Å²) in [6.45, 7) is 12.3. The molecule has 0 aliphatic carbocycles. The van der Waals surface area contributed by atoms with E-state index in [0.717, 1.165) is 62.9 Å². The van der Waals surface area contributed by atoms with E-state index in [1.54, 1.807) is 0 Å². The number of aliphatic imine (C=N–C) groups is 1. The van der Waals surface area contributed by atoms with Crippen molar-refractivity contribution in [3.05, 3.63) is 23.9 Å². The molecule has 0 saturated carbocycles. The zero-order valence-electron chi connectivity index (χ0n) is 17.7. The van der Waals surface area contributed by atoms with E-state index in [1.807, 2.05) is 13.2 Å². The number of pyridine rings is 1. The number of ether oxygens (including phenoxy) is 1. The summed E-state index contributed by atoms with van der Waals surface area (Å²) in [6.07, 6.45) is 4.82. The second-order valence-electron chi connectivity index (χ2n) is 8.28. The molecule has 28 heavy (non-hydrogen) atoms. The Morgan fingerprint density at radius 2 is 2.14 bits per heavy atom. The number of hydrogen-bond acceptors (Lipinski definition) is 4. The van der Waals surface area contributed by atoms with Crippen molar-refractivity contribution in [3.63, 3.8) is 0 Å². The summed E-state index contributed by atoms with van der Waals surface area (Å²) >= 11 is 0. The topological polar surface area (TPSA) is 53.0 Å². The van der Waals surface area contributed by atoms with E-state index in [1.165, 1.54) is 18.4 Å². The van der Waals surface area contributed by atoms with Gasteiger partial charge in [0.25, 0.3) is 0 Å². The quantitative estimate of drug-likeness (QED) is 0.381. The smallest absolute Gasteiger partial charge is 0.193 e. The lowest BCUT2D eigenvalue weighted by Crippen LogP contribution is -2.41. The minimum atomic E-state index is 0. The van der Waals surface area contributed by atoms with Crippen LogP contribution in [-0.2, 0) is 11.3 Å². The average molecular weight is 501 g/mol. The van der Waals surface area contributed by atoms with Crippen LogP contribution in [0, 0.1) is 11.8 Å². The number of nitrogens with zero attached hydrogens (tertiary/aromatic N) is 4. The van der Waals surface area contributed by atoms with Gasteiger partial charge in [-0.3, -0.25) is 4.99 Å². The minimum absolute atomic E-state index is 0. The third-order valence-corrected chi connectivity index (χ3v) is 5.43. The fourth-order valence-corrected chi connectivity index (χ4v) is 4.13. The summed E-state index contributed by atoms with van der Waals surface area (Å²) < 4.78 is 5.61. The van der Waals surface area contributed by atoms with Gasteiger partial charge in [0.1, 0.15) is 5.82 Å². The molecule has 158 valence electrons. The van der Waals surface area contributed by atoms with Crippen LogP contribution in [0.5, 0.6) is 0 Å². The molecule has 2 aliphatic heterocycles. The van der Waals surface area contributed by atoms with Gasteiger partial charge in [0.15, 0.2) is 5.96 Å². The van der Waals surface area contributed by atoms with Crippen molar-refractivity contribution >= 4 is 35.8 Å². The highest BCUT2D eigenvalue weighted by Crippen LogP contribution is 2.23. The van der Waals surface area contributed by atoms with E-state index in [-0.39, 0.29) is 30.1 Å². The zero-order chi connectivity index (χ0) is 19.2. The standard InChI is InChI=1S/C21H35N5O.HI/c1-16(2)11-18-7-8-26(15-18)21(22-4)24-13-19-5-6-20(23-12-19)25-9-10-27-17(3)14-25;/h5-6,12,16-18H,7-11,13-15H2,1-4H3,(H,22,24);1H. The van der Waals surface area contributed by atoms with Crippen LogP contribution in [0.3, 0.4) is 0 Å². The lowest BCUT2D eigenvalue weighted by Gasteiger charge is -2.32. The molecule has 7 heteroatoms. The van der Waals surface area contributed by atoms with Crippen LogP contribution in [0.2, 0.25) is 0 Å². The molecule has 1 N–H and O–H groups in total. The average Bonchev–Trinajstić information content (AvgIpc) is 3.10. The lowest BCUT2D eigenvalue weighted by atomic mass is 9.97. The fourth-order valence-electron chi connectivity index (χ4n) is 4.13. The predicted octanol–water partition coefficient (Wildman–Crippen LogP) is 3.37. The van der Waals surface area contributed by atoms with Crippen molar-refractivity contribution in [2.45, 2.75) is 46.3 Å². The molecular formula is C21H36IN5O. The number of likely N-dealkylation sites (tertiary alicyclic amines) is 1. The minimum Gasteiger partial charge on any atom is -0.375 e. The summed E-state index contributed by atoms with van der Waals surface area (Å²) in [5, 5.41) is 3.51. The Labute approximate surface area is 187 Å². The Morgan fingerprint density at radius 1 is 1.32 bits per heavy atom. The Morgan fingerprint density at radius 3 is 2.79 bits per heavy atom. The van der Waals surface area contributed by atoms with Gasteiger partial charge < -0.3 is 19.9 Å². The second-order valence-corrected chi connectivity index (χ2v) is 8.28. The van der Waals surface area contributed by atoms with Crippen molar-refractivity contribution in [2.75, 3.05) is 44.7 Å². The largest absolute Gasteiger partial charge is 0.375 e. The van der Waals surface area contributed by atoms with Crippen LogP contribution >= 0.6 is 24.0 Å². The predicted molar refractivity (Wildman–Crippen MR) is 127 cm³/mol. The van der Waals surface area contributed by atoms with E-state index in [0.29, 0.717) is 0 Å². The van der Waals surface area contributed by atoms with Gasteiger partial charge in [-0.1, -0.05) is 19.9 Å². The van der Waals surface area contributed by atoms with Crippen molar-refractivity contribution < 1.29 is 4.74 Å². The first-order chi connectivity index (χ1) is 13.0. The Bertz CT molecular complexity index is 622. The van der Waals surface area contributed by atoms with Crippen molar-refractivity contribution in [1.29, 1.82) is 0 Å². The van der Waals surface area contributed by atoms with Crippen LogP contribution in [0.1, 0.15) is 39.2 Å². The van der Waals surface area contributed by atoms with Gasteiger partial charge in [-0.25, -0.2) is 4.98 Å². The van der Waals surface area contributed by atoms with Gasteiger partial charge in [-0.15, -0.1) is 24.0 Å². The van der Waals surface area contributed by atoms with E-state index >= 15 is 0 Å². The zero-order valence-corrected chi connectivity index (χ0v) is 20.1. The molecule has 3 rings (SSSR count). The Hall–Kier alpha value is -1.09. The number of aromatic nitrogens is 1. The summed E-state index contributed by atoms with van der Waals surface area (Å²) in [5.74, 6) is 3.60. The first-order valence-electron chi connectivity index (χ1n) is 10.3. The molecule has 3 heterocycles. The summed E-state index contributed by atoms with van der Waals surface area (Å²) in [6, 6.07) is 4.28. The molecule has 2 atom stereocenters. The highest BCUT2D eigenvalue weighted by Gasteiger charge is 2.25. The first-order valence-corrected chi connectivity index (χ1v) is 10.3. The maximum absolute atomic E-state index is 5.61. The molecule has 2 fully saturated rings. The third kappa shape index (κ3) is 6.47. The van der Waals surface area contributed by atoms with E-state index in [9.17, 15) is 0 Å². The summed E-state index contributed by atoms with van der Waals surface area (Å²) in [5.41, 5.74) is 1.18. The monoisotopic (exact) mass is 501 g/mol. The van der Waals surface area contributed by atoms with Crippen LogP contribution in [0.15, 0.2) is 23.3 Å². The van der Waals surface area contributed by atoms with Crippen LogP contribution in [0.25, 0.3) is 0 Å². The van der Waals surface area contributed by atoms with E-state index < -0.39 is 0 Å². The molecule has 0 amide bonds. The van der Waals surface area contributed by atoms with Crippen LogP contribution in [-0.4, -0.2) is 61.8 Å². The molecule has 0 aromatic carbocycles. The molecule has 0 radical (unpaired) electrons. The van der Waals surface area contributed by atoms with Crippen molar-refractivity contribution in [2.24, 2.45) is 16.8 Å². The number of hydrogen-bond donors (Lipinski definition) is 1. The van der Waals surface area contributed by atoms with Crippen LogP contribution < -0.4 is 10.2 Å². The van der Waals surface area contributed by atoms with Crippen molar-refractivity contribution in [1.82, 2.24) is 15.2 Å². The van der Waals surface area contributed by atoms with Gasteiger partial charge >= 0.3 is 0 Å². The van der Waals surface area contributed by atoms with Gasteiger partial charge in [-0.2, -0.15) is 0 Å². The number of nitrogens with one attached hydrogen (secondary N) is 1. The maximum atomic E-state index is 5.61. The molecule has 1 aromatic rings. The summed E-state index contributed by atoms with van der Waals surface area (Å²) in [7, 11) is 1.87. The highest BCUT2D eigenvalue weighted by molar-refractivity contribution is 14.0. The Balaban J connectivity index is 0.00000280. The second kappa shape index (κ2) is 11.2. The van der Waals surface area contributed by atoms with E-state index in [2.05, 4.69) is 58.0 Å². The van der Waals surface area contributed by atoms with Gasteiger partial charge in [0.05, 0.1) is 12.7 Å². The summed E-state index contributed by atoms with van der Waals surface area (Å²) in [4.78, 5) is 13.8. The number of guanidine groups is 1. The third-order valence-electron chi connectivity index (χ3n) is 5.43. The number of anilines is 1. The Kier molecular flexibility index (Phi) is 9.27. The number of halogens is 1. The molecule has 0 bridgehead atoms. The lowest BCUT2D eigenvalue weighted by molar-refractivity contribution is 0.0529. The highest BCUT2D eigenvalue weighted by atomic mass is 127. The first kappa shape index (κ1) is 23.2. The molecule has 2 aliphatic rings. The molecule has 0 spiro atoms. The van der Waals surface area contributed by atoms with Gasteiger partial charge in [-0.05, 0) is 43.2 Å². The normalized spacial score (nSPS) is 23.1. The van der Waals surface area contributed by atoms with Gasteiger partial charge in [0, 0.05) is 46.0 Å². The number of morpholine rings is 1. The molecule has 2 unspecified atom stereocenters.